The Morgan fingerprint density at radius 2 is 2.18 bits per heavy atom. The van der Waals surface area contributed by atoms with Gasteiger partial charge < -0.3 is 10.6 Å². The predicted octanol–water partition coefficient (Wildman–Crippen LogP) is 2.02. The van der Waals surface area contributed by atoms with Gasteiger partial charge in [-0.3, -0.25) is 0 Å². The Kier molecular flexibility index (Phi) is 5.25. The first-order valence-electron chi connectivity index (χ1n) is 6.74. The third-order valence-electron chi connectivity index (χ3n) is 3.39. The molecule has 0 radical (unpaired) electrons. The normalized spacial score (nSPS) is 19.7. The molecule has 1 saturated heterocycles. The predicted molar refractivity (Wildman–Crippen MR) is 83.0 cm³/mol. The molecule has 1 heterocycles. The molecule has 6 nitrogen and oxygen atoms in total. The zero-order valence-electron chi connectivity index (χ0n) is 12.0. The lowest BCUT2D eigenvalue weighted by atomic mass is 10.1. The van der Waals surface area contributed by atoms with Crippen molar-refractivity contribution < 1.29 is 17.6 Å². The number of anilines is 1. The number of rotatable bonds is 3. The number of hydrogen-bond donors (Lipinski definition) is 2. The molecule has 2 amide bonds. The summed E-state index contributed by atoms with van der Waals surface area (Å²) in [7, 11) is -3.28. The number of urea groups is 1. The fourth-order valence-electron chi connectivity index (χ4n) is 2.31. The molecular formula is C13H17ClFN3O3S. The van der Waals surface area contributed by atoms with E-state index in [0.717, 1.165) is 6.26 Å². The lowest BCUT2D eigenvalue weighted by molar-refractivity contribution is 0.236. The van der Waals surface area contributed by atoms with Crippen LogP contribution in [0, 0.1) is 5.82 Å². The number of amides is 2. The van der Waals surface area contributed by atoms with Crippen LogP contribution in [0.1, 0.15) is 12.8 Å². The number of hydrogen-bond acceptors (Lipinski definition) is 3. The van der Waals surface area contributed by atoms with E-state index in [1.54, 1.807) is 0 Å². The molecule has 1 atom stereocenters. The van der Waals surface area contributed by atoms with Crippen LogP contribution < -0.4 is 10.6 Å². The van der Waals surface area contributed by atoms with Crippen LogP contribution in [0.3, 0.4) is 0 Å². The minimum atomic E-state index is -3.28. The second-order valence-corrected chi connectivity index (χ2v) is 7.55. The second kappa shape index (κ2) is 6.80. The van der Waals surface area contributed by atoms with Crippen LogP contribution in [0.25, 0.3) is 0 Å². The third-order valence-corrected chi connectivity index (χ3v) is 4.95. The molecule has 1 aliphatic heterocycles. The van der Waals surface area contributed by atoms with E-state index < -0.39 is 21.9 Å². The van der Waals surface area contributed by atoms with Gasteiger partial charge in [-0.1, -0.05) is 17.7 Å². The fraction of sp³-hybridized carbons (Fsp3) is 0.462. The summed E-state index contributed by atoms with van der Waals surface area (Å²) in [5, 5.41) is 4.94. The van der Waals surface area contributed by atoms with E-state index in [4.69, 9.17) is 11.6 Å². The monoisotopic (exact) mass is 349 g/mol. The highest BCUT2D eigenvalue weighted by molar-refractivity contribution is 7.88. The number of carbonyl (C=O) groups excluding carboxylic acids is 1. The Morgan fingerprint density at radius 1 is 1.45 bits per heavy atom. The summed E-state index contributed by atoms with van der Waals surface area (Å²) in [6.45, 7) is 0.659. The van der Waals surface area contributed by atoms with Gasteiger partial charge in [-0.25, -0.2) is 21.9 Å². The standard InChI is InChI=1S/C13H17ClFN3O3S/c1-22(20,21)18-7-3-4-9(8-18)16-13(19)17-11-6-2-5-10(14)12(11)15/h2,5-6,9H,3-4,7-8H2,1H3,(H2,16,17,19)/t9-/m0/s1. The van der Waals surface area contributed by atoms with Crippen LogP contribution in [0.5, 0.6) is 0 Å². The topological polar surface area (TPSA) is 78.5 Å². The molecule has 2 N–H and O–H groups in total. The maximum absolute atomic E-state index is 13.7. The molecule has 1 aromatic rings. The van der Waals surface area contributed by atoms with Crippen LogP contribution in [0.4, 0.5) is 14.9 Å². The van der Waals surface area contributed by atoms with Gasteiger partial charge in [-0.15, -0.1) is 0 Å². The highest BCUT2D eigenvalue weighted by Gasteiger charge is 2.26. The molecule has 0 spiro atoms. The number of halogens is 2. The average Bonchev–Trinajstić information content (AvgIpc) is 2.43. The maximum atomic E-state index is 13.7. The number of carbonyl (C=O) groups is 1. The Balaban J connectivity index is 1.96. The van der Waals surface area contributed by atoms with E-state index in [1.807, 2.05) is 0 Å². The smallest absolute Gasteiger partial charge is 0.319 e. The van der Waals surface area contributed by atoms with Crippen molar-refractivity contribution in [3.8, 4) is 0 Å². The summed E-state index contributed by atoms with van der Waals surface area (Å²) in [4.78, 5) is 11.9. The number of nitrogens with one attached hydrogen (secondary N) is 2. The molecule has 0 aliphatic carbocycles. The number of nitrogens with zero attached hydrogens (tertiary/aromatic N) is 1. The van der Waals surface area contributed by atoms with E-state index in [-0.39, 0.29) is 23.3 Å². The summed E-state index contributed by atoms with van der Waals surface area (Å²) in [5.41, 5.74) is -0.0271. The quantitative estimate of drug-likeness (QED) is 0.876. The van der Waals surface area contributed by atoms with Crippen LogP contribution in [0.2, 0.25) is 5.02 Å². The van der Waals surface area contributed by atoms with Crippen molar-refractivity contribution in [3.63, 3.8) is 0 Å². The van der Waals surface area contributed by atoms with Gasteiger partial charge >= 0.3 is 6.03 Å². The van der Waals surface area contributed by atoms with Crippen molar-refractivity contribution in [2.75, 3.05) is 24.7 Å². The highest BCUT2D eigenvalue weighted by atomic mass is 35.5. The van der Waals surface area contributed by atoms with Crippen molar-refractivity contribution in [2.24, 2.45) is 0 Å². The van der Waals surface area contributed by atoms with Crippen molar-refractivity contribution in [1.82, 2.24) is 9.62 Å². The van der Waals surface area contributed by atoms with Gasteiger partial charge in [-0.2, -0.15) is 0 Å². The van der Waals surface area contributed by atoms with Gasteiger partial charge in [0.1, 0.15) is 0 Å². The second-order valence-electron chi connectivity index (χ2n) is 5.16. The summed E-state index contributed by atoms with van der Waals surface area (Å²) in [6, 6.07) is 3.38. The maximum Gasteiger partial charge on any atom is 0.319 e. The fourth-order valence-corrected chi connectivity index (χ4v) is 3.39. The molecule has 0 saturated carbocycles. The van der Waals surface area contributed by atoms with E-state index >= 15 is 0 Å². The van der Waals surface area contributed by atoms with E-state index in [1.165, 1.54) is 22.5 Å². The van der Waals surface area contributed by atoms with Crippen LogP contribution in [-0.2, 0) is 10.0 Å². The van der Waals surface area contributed by atoms with Gasteiger partial charge in [0, 0.05) is 19.1 Å². The number of sulfonamides is 1. The van der Waals surface area contributed by atoms with Crippen LogP contribution in [-0.4, -0.2) is 44.1 Å². The highest BCUT2D eigenvalue weighted by Crippen LogP contribution is 2.22. The van der Waals surface area contributed by atoms with Gasteiger partial charge in [0.25, 0.3) is 0 Å². The zero-order valence-corrected chi connectivity index (χ0v) is 13.5. The summed E-state index contributed by atoms with van der Waals surface area (Å²) >= 11 is 5.64. The largest absolute Gasteiger partial charge is 0.334 e. The van der Waals surface area contributed by atoms with E-state index in [9.17, 15) is 17.6 Å². The molecule has 0 bridgehead atoms. The first kappa shape index (κ1) is 17.0. The van der Waals surface area contributed by atoms with Gasteiger partial charge in [-0.05, 0) is 25.0 Å². The van der Waals surface area contributed by atoms with Crippen molar-refractivity contribution >= 4 is 33.3 Å². The van der Waals surface area contributed by atoms with E-state index in [2.05, 4.69) is 10.6 Å². The Bertz CT molecular complexity index is 668. The Labute approximate surface area is 133 Å². The average molecular weight is 350 g/mol. The first-order chi connectivity index (χ1) is 10.3. The summed E-state index contributed by atoms with van der Waals surface area (Å²) < 4.78 is 38.1. The van der Waals surface area contributed by atoms with Crippen molar-refractivity contribution in [2.45, 2.75) is 18.9 Å². The first-order valence-corrected chi connectivity index (χ1v) is 8.96. The zero-order chi connectivity index (χ0) is 16.3. The summed E-state index contributed by atoms with van der Waals surface area (Å²) in [6.07, 6.45) is 2.46. The molecule has 1 aromatic carbocycles. The van der Waals surface area contributed by atoms with Crippen molar-refractivity contribution in [3.05, 3.63) is 29.0 Å². The number of benzene rings is 1. The molecule has 0 aromatic heterocycles. The molecule has 0 unspecified atom stereocenters. The third kappa shape index (κ3) is 4.31. The van der Waals surface area contributed by atoms with Crippen LogP contribution in [0.15, 0.2) is 18.2 Å². The SMILES string of the molecule is CS(=O)(=O)N1CCC[C@H](NC(=O)Nc2cccc(Cl)c2F)C1. The molecule has 2 rings (SSSR count). The van der Waals surface area contributed by atoms with Gasteiger partial charge in [0.2, 0.25) is 10.0 Å². The van der Waals surface area contributed by atoms with Crippen molar-refractivity contribution in [1.29, 1.82) is 0 Å². The molecular weight excluding hydrogens is 333 g/mol. The van der Waals surface area contributed by atoms with E-state index in [0.29, 0.717) is 19.4 Å². The minimum absolute atomic E-state index is 0.0271. The van der Waals surface area contributed by atoms with Crippen LogP contribution >= 0.6 is 11.6 Å². The van der Waals surface area contributed by atoms with Gasteiger partial charge in [0.05, 0.1) is 17.0 Å². The Morgan fingerprint density at radius 3 is 2.86 bits per heavy atom. The molecule has 9 heteroatoms. The minimum Gasteiger partial charge on any atom is -0.334 e. The molecule has 1 fully saturated rings. The van der Waals surface area contributed by atoms with Gasteiger partial charge in [0.15, 0.2) is 5.82 Å². The lowest BCUT2D eigenvalue weighted by Gasteiger charge is -2.31. The number of piperidine rings is 1. The molecule has 22 heavy (non-hydrogen) atoms. The Hall–Kier alpha value is -1.38. The lowest BCUT2D eigenvalue weighted by Crippen LogP contribution is -2.50. The molecule has 122 valence electrons. The molecule has 1 aliphatic rings. The summed E-state index contributed by atoms with van der Waals surface area (Å²) in [5.74, 6) is -0.708.